The molecule has 2 heterocycles. The topological polar surface area (TPSA) is 64.2 Å². The molecule has 146 valence electrons. The molecule has 2 aromatic heterocycles. The molecule has 5 nitrogen and oxygen atoms in total. The van der Waals surface area contributed by atoms with Gasteiger partial charge in [0.05, 0.1) is 12.6 Å². The average Bonchev–Trinajstić information content (AvgIpc) is 3.12. The molecule has 0 saturated heterocycles. The van der Waals surface area contributed by atoms with E-state index in [-0.39, 0.29) is 35.2 Å². The highest BCUT2D eigenvalue weighted by molar-refractivity contribution is 5.91. The zero-order valence-corrected chi connectivity index (χ0v) is 16.7. The van der Waals surface area contributed by atoms with Gasteiger partial charge in [0.2, 0.25) is 0 Å². The monoisotopic (exact) mass is 378 g/mol. The Kier molecular flexibility index (Phi) is 5.54. The number of nitrogens with one attached hydrogen (secondary N) is 1. The van der Waals surface area contributed by atoms with Crippen LogP contribution in [0.1, 0.15) is 61.2 Å². The molecule has 0 fully saturated rings. The van der Waals surface area contributed by atoms with Crippen LogP contribution in [0.15, 0.2) is 70.0 Å². The number of amides is 1. The van der Waals surface area contributed by atoms with Crippen molar-refractivity contribution in [2.45, 2.75) is 45.7 Å². The quantitative estimate of drug-likeness (QED) is 0.721. The molecule has 0 aliphatic carbocycles. The molecule has 5 heteroatoms. The van der Waals surface area contributed by atoms with Gasteiger partial charge in [-0.15, -0.1) is 0 Å². The number of aromatic nitrogens is 1. The number of carbonyl (C=O) groups excluding carboxylic acids is 1. The number of hydrogen-bond donors (Lipinski definition) is 1. The summed E-state index contributed by atoms with van der Waals surface area (Å²) in [6.07, 6.45) is 1.69. The maximum absolute atomic E-state index is 12.5. The highest BCUT2D eigenvalue weighted by Gasteiger charge is 2.17. The molecule has 0 aliphatic rings. The fourth-order valence-corrected chi connectivity index (χ4v) is 2.97. The Morgan fingerprint density at radius 2 is 1.79 bits per heavy atom. The van der Waals surface area contributed by atoms with Crippen LogP contribution >= 0.6 is 0 Å². The third-order valence-corrected chi connectivity index (χ3v) is 4.73. The van der Waals surface area contributed by atoms with Crippen molar-refractivity contribution in [1.29, 1.82) is 0 Å². The zero-order chi connectivity index (χ0) is 20.3. The summed E-state index contributed by atoms with van der Waals surface area (Å²) in [7, 11) is 0. The average molecular weight is 378 g/mol. The van der Waals surface area contributed by atoms with Gasteiger partial charge in [0, 0.05) is 12.3 Å². The van der Waals surface area contributed by atoms with E-state index in [1.165, 1.54) is 16.2 Å². The van der Waals surface area contributed by atoms with E-state index >= 15 is 0 Å². The van der Waals surface area contributed by atoms with Gasteiger partial charge in [0.25, 0.3) is 11.5 Å². The summed E-state index contributed by atoms with van der Waals surface area (Å²) in [6, 6.07) is 16.4. The van der Waals surface area contributed by atoms with Crippen LogP contribution in [-0.4, -0.2) is 10.5 Å². The summed E-state index contributed by atoms with van der Waals surface area (Å²) in [4.78, 5) is 24.3. The van der Waals surface area contributed by atoms with Crippen molar-refractivity contribution in [2.75, 3.05) is 0 Å². The fraction of sp³-hybridized carbons (Fsp3) is 0.304. The van der Waals surface area contributed by atoms with Gasteiger partial charge in [-0.1, -0.05) is 51.1 Å². The van der Waals surface area contributed by atoms with Crippen molar-refractivity contribution < 1.29 is 9.21 Å². The normalized spacial score (nSPS) is 12.6. The molecule has 1 N–H and O–H groups in total. The fourth-order valence-electron chi connectivity index (χ4n) is 2.97. The molecular formula is C23H26N2O3. The Hall–Kier alpha value is -3.08. The lowest BCUT2D eigenvalue weighted by atomic mass is 9.86. The number of hydrogen-bond acceptors (Lipinski definition) is 3. The van der Waals surface area contributed by atoms with Gasteiger partial charge >= 0.3 is 0 Å². The van der Waals surface area contributed by atoms with E-state index < -0.39 is 0 Å². The molecule has 0 bridgehead atoms. The lowest BCUT2D eigenvalue weighted by Gasteiger charge is -2.20. The van der Waals surface area contributed by atoms with Crippen molar-refractivity contribution >= 4 is 5.91 Å². The van der Waals surface area contributed by atoms with E-state index in [1.54, 1.807) is 30.5 Å². The second-order valence-electron chi connectivity index (χ2n) is 8.00. The number of furan rings is 1. The molecule has 1 amide bonds. The minimum Gasteiger partial charge on any atom is -0.454 e. The van der Waals surface area contributed by atoms with Gasteiger partial charge in [-0.3, -0.25) is 9.59 Å². The molecule has 1 unspecified atom stereocenters. The van der Waals surface area contributed by atoms with Crippen LogP contribution in [0.4, 0.5) is 0 Å². The molecule has 0 spiro atoms. The van der Waals surface area contributed by atoms with Gasteiger partial charge in [-0.25, -0.2) is 0 Å². The van der Waals surface area contributed by atoms with Crippen molar-refractivity contribution in [3.63, 3.8) is 0 Å². The van der Waals surface area contributed by atoms with Gasteiger partial charge in [-0.2, -0.15) is 0 Å². The maximum atomic E-state index is 12.5. The predicted molar refractivity (Wildman–Crippen MR) is 110 cm³/mol. The first-order valence-electron chi connectivity index (χ1n) is 9.39. The number of benzene rings is 1. The second kappa shape index (κ2) is 7.89. The maximum Gasteiger partial charge on any atom is 0.287 e. The van der Waals surface area contributed by atoms with E-state index in [9.17, 15) is 9.59 Å². The largest absolute Gasteiger partial charge is 0.454 e. The Morgan fingerprint density at radius 1 is 1.07 bits per heavy atom. The highest BCUT2D eigenvalue weighted by Crippen LogP contribution is 2.24. The first-order valence-corrected chi connectivity index (χ1v) is 9.39. The van der Waals surface area contributed by atoms with Gasteiger partial charge in [0.15, 0.2) is 5.76 Å². The second-order valence-corrected chi connectivity index (χ2v) is 8.00. The first kappa shape index (κ1) is 19.7. The Labute approximate surface area is 165 Å². The molecule has 28 heavy (non-hydrogen) atoms. The summed E-state index contributed by atoms with van der Waals surface area (Å²) in [6.45, 7) is 8.75. The standard InChI is InChI=1S/C23H26N2O3/c1-16(17-8-10-18(11-9-17)23(2,3)4)24-22(27)20-13-12-19(28-20)15-25-14-6-5-7-21(25)26/h5-14,16H,15H2,1-4H3,(H,24,27). The number of pyridine rings is 1. The summed E-state index contributed by atoms with van der Waals surface area (Å²) in [5.74, 6) is 0.511. The molecule has 0 radical (unpaired) electrons. The number of carbonyl (C=O) groups is 1. The van der Waals surface area contributed by atoms with Crippen LogP contribution in [0.25, 0.3) is 0 Å². The molecule has 1 aromatic carbocycles. The smallest absolute Gasteiger partial charge is 0.287 e. The van der Waals surface area contributed by atoms with Crippen LogP contribution in [0.5, 0.6) is 0 Å². The predicted octanol–water partition coefficient (Wildman–Crippen LogP) is 4.28. The molecule has 0 aliphatic heterocycles. The van der Waals surface area contributed by atoms with E-state index in [0.717, 1.165) is 5.56 Å². The first-order chi connectivity index (χ1) is 13.2. The van der Waals surface area contributed by atoms with Gasteiger partial charge in [-0.05, 0) is 41.7 Å². The van der Waals surface area contributed by atoms with Crippen LogP contribution in [0, 0.1) is 0 Å². The van der Waals surface area contributed by atoms with E-state index in [0.29, 0.717) is 5.76 Å². The van der Waals surface area contributed by atoms with Crippen molar-refractivity contribution in [2.24, 2.45) is 0 Å². The minimum absolute atomic E-state index is 0.0936. The Balaban J connectivity index is 1.65. The lowest BCUT2D eigenvalue weighted by molar-refractivity contribution is 0.0910. The van der Waals surface area contributed by atoms with E-state index in [2.05, 4.69) is 38.2 Å². The van der Waals surface area contributed by atoms with Crippen LogP contribution in [-0.2, 0) is 12.0 Å². The number of nitrogens with zero attached hydrogens (tertiary/aromatic N) is 1. The summed E-state index contributed by atoms with van der Waals surface area (Å²) in [5, 5.41) is 2.96. The third kappa shape index (κ3) is 4.60. The van der Waals surface area contributed by atoms with Gasteiger partial charge < -0.3 is 14.3 Å². The van der Waals surface area contributed by atoms with E-state index in [1.807, 2.05) is 19.1 Å². The molecule has 3 rings (SSSR count). The highest BCUT2D eigenvalue weighted by atomic mass is 16.4. The lowest BCUT2D eigenvalue weighted by Crippen LogP contribution is -2.26. The molecule has 1 atom stereocenters. The summed E-state index contributed by atoms with van der Waals surface area (Å²) < 4.78 is 7.16. The van der Waals surface area contributed by atoms with Crippen LogP contribution in [0.3, 0.4) is 0 Å². The van der Waals surface area contributed by atoms with Gasteiger partial charge in [0.1, 0.15) is 5.76 Å². The molecule has 3 aromatic rings. The Bertz CT molecular complexity index is 1010. The van der Waals surface area contributed by atoms with Crippen molar-refractivity contribution in [3.8, 4) is 0 Å². The van der Waals surface area contributed by atoms with Crippen molar-refractivity contribution in [3.05, 3.63) is 93.8 Å². The number of rotatable bonds is 5. The summed E-state index contributed by atoms with van der Waals surface area (Å²) in [5.41, 5.74) is 2.26. The minimum atomic E-state index is -0.279. The van der Waals surface area contributed by atoms with E-state index in [4.69, 9.17) is 4.42 Å². The van der Waals surface area contributed by atoms with Crippen LogP contribution < -0.4 is 10.9 Å². The SMILES string of the molecule is CC(NC(=O)c1ccc(Cn2ccccc2=O)o1)c1ccc(C(C)(C)C)cc1. The Morgan fingerprint density at radius 3 is 2.43 bits per heavy atom. The third-order valence-electron chi connectivity index (χ3n) is 4.73. The zero-order valence-electron chi connectivity index (χ0n) is 16.7. The van der Waals surface area contributed by atoms with Crippen LogP contribution in [0.2, 0.25) is 0 Å². The van der Waals surface area contributed by atoms with Crippen molar-refractivity contribution in [1.82, 2.24) is 9.88 Å². The summed E-state index contributed by atoms with van der Waals surface area (Å²) >= 11 is 0. The molecular weight excluding hydrogens is 352 g/mol. The molecule has 0 saturated carbocycles.